The van der Waals surface area contributed by atoms with Crippen molar-refractivity contribution in [3.05, 3.63) is 34.6 Å². The Morgan fingerprint density at radius 3 is 3.00 bits per heavy atom. The minimum atomic E-state index is -0.932. The topological polar surface area (TPSA) is 84.1 Å². The van der Waals surface area contributed by atoms with Crippen molar-refractivity contribution in [2.24, 2.45) is 0 Å². The summed E-state index contributed by atoms with van der Waals surface area (Å²) >= 11 is 3.40. The number of carboxylic acid groups (broad SMARTS) is 1. The number of hydrogen-bond acceptors (Lipinski definition) is 4. The number of piperidine rings is 1. The third-order valence-electron chi connectivity index (χ3n) is 3.51. The van der Waals surface area contributed by atoms with E-state index in [9.17, 15) is 9.90 Å². The summed E-state index contributed by atoms with van der Waals surface area (Å²) in [4.78, 5) is 14.1. The van der Waals surface area contributed by atoms with Crippen molar-refractivity contribution < 1.29 is 9.90 Å². The SMILES string of the molecule is O=C(O)N1CCCC[C@@H]1c1nnn(-c2cccc(Br)c2)n1. The van der Waals surface area contributed by atoms with Gasteiger partial charge in [0.1, 0.15) is 0 Å². The minimum Gasteiger partial charge on any atom is -0.465 e. The first-order chi connectivity index (χ1) is 10.1. The minimum absolute atomic E-state index is 0.308. The van der Waals surface area contributed by atoms with Crippen LogP contribution in [0.25, 0.3) is 5.69 Å². The van der Waals surface area contributed by atoms with Gasteiger partial charge in [0.05, 0.1) is 11.7 Å². The second-order valence-electron chi connectivity index (χ2n) is 4.90. The zero-order valence-corrected chi connectivity index (χ0v) is 12.8. The van der Waals surface area contributed by atoms with Crippen LogP contribution in [0.15, 0.2) is 28.7 Å². The first-order valence-electron chi connectivity index (χ1n) is 6.70. The standard InChI is InChI=1S/C13H14BrN5O2/c14-9-4-3-5-10(8-9)19-16-12(15-17-19)11-6-1-2-7-18(11)13(20)21/h3-5,8,11H,1-2,6-7H2,(H,20,21)/t11-/m1/s1. The van der Waals surface area contributed by atoms with E-state index in [2.05, 4.69) is 31.3 Å². The summed E-state index contributed by atoms with van der Waals surface area (Å²) in [5.74, 6) is 0.456. The van der Waals surface area contributed by atoms with E-state index in [4.69, 9.17) is 0 Å². The monoisotopic (exact) mass is 351 g/mol. The van der Waals surface area contributed by atoms with E-state index in [1.54, 1.807) is 0 Å². The van der Waals surface area contributed by atoms with Gasteiger partial charge in [-0.2, -0.15) is 0 Å². The van der Waals surface area contributed by atoms with Crippen molar-refractivity contribution in [2.45, 2.75) is 25.3 Å². The Bertz CT molecular complexity index is 660. The normalized spacial score (nSPS) is 18.7. The number of halogens is 1. The highest BCUT2D eigenvalue weighted by Gasteiger charge is 2.31. The van der Waals surface area contributed by atoms with E-state index in [1.807, 2.05) is 24.3 Å². The Morgan fingerprint density at radius 2 is 2.24 bits per heavy atom. The molecule has 21 heavy (non-hydrogen) atoms. The number of carbonyl (C=O) groups is 1. The zero-order chi connectivity index (χ0) is 14.8. The number of hydrogen-bond donors (Lipinski definition) is 1. The van der Waals surface area contributed by atoms with Gasteiger partial charge in [0, 0.05) is 11.0 Å². The molecule has 1 N–H and O–H groups in total. The first kappa shape index (κ1) is 14.0. The van der Waals surface area contributed by atoms with E-state index < -0.39 is 6.09 Å². The maximum absolute atomic E-state index is 11.3. The number of rotatable bonds is 2. The zero-order valence-electron chi connectivity index (χ0n) is 11.2. The van der Waals surface area contributed by atoms with Crippen LogP contribution in [-0.2, 0) is 0 Å². The van der Waals surface area contributed by atoms with Crippen LogP contribution in [0.5, 0.6) is 0 Å². The Hall–Kier alpha value is -1.96. The molecule has 0 radical (unpaired) electrons. The van der Waals surface area contributed by atoms with Crippen molar-refractivity contribution in [3.63, 3.8) is 0 Å². The van der Waals surface area contributed by atoms with Gasteiger partial charge in [-0.1, -0.05) is 22.0 Å². The molecule has 3 rings (SSSR count). The molecule has 110 valence electrons. The Labute approximate surface area is 129 Å². The van der Waals surface area contributed by atoms with E-state index in [0.717, 1.165) is 29.4 Å². The number of tetrazole rings is 1. The van der Waals surface area contributed by atoms with Crippen molar-refractivity contribution in [3.8, 4) is 5.69 Å². The summed E-state index contributed by atoms with van der Waals surface area (Å²) in [5.41, 5.74) is 0.779. The van der Waals surface area contributed by atoms with E-state index >= 15 is 0 Å². The van der Waals surface area contributed by atoms with Crippen molar-refractivity contribution in [1.29, 1.82) is 0 Å². The summed E-state index contributed by atoms with van der Waals surface area (Å²) in [6, 6.07) is 7.23. The lowest BCUT2D eigenvalue weighted by atomic mass is 10.0. The second kappa shape index (κ2) is 5.80. The molecule has 8 heteroatoms. The lowest BCUT2D eigenvalue weighted by Gasteiger charge is -2.31. The van der Waals surface area contributed by atoms with E-state index in [1.165, 1.54) is 9.70 Å². The number of aromatic nitrogens is 4. The average Bonchev–Trinajstić information content (AvgIpc) is 2.97. The highest BCUT2D eigenvalue weighted by molar-refractivity contribution is 9.10. The number of amides is 1. The predicted octanol–water partition coefficient (Wildman–Crippen LogP) is 2.63. The van der Waals surface area contributed by atoms with Gasteiger partial charge in [-0.25, -0.2) is 4.79 Å². The molecule has 0 aliphatic carbocycles. The molecule has 1 fully saturated rings. The molecule has 1 atom stereocenters. The van der Waals surface area contributed by atoms with Crippen LogP contribution in [0.4, 0.5) is 4.79 Å². The van der Waals surface area contributed by atoms with E-state index in [-0.39, 0.29) is 6.04 Å². The maximum atomic E-state index is 11.3. The largest absolute Gasteiger partial charge is 0.465 e. The van der Waals surface area contributed by atoms with Crippen molar-refractivity contribution in [1.82, 2.24) is 25.1 Å². The van der Waals surface area contributed by atoms with Crippen LogP contribution in [0.2, 0.25) is 0 Å². The average molecular weight is 352 g/mol. The predicted molar refractivity (Wildman–Crippen MR) is 78.2 cm³/mol. The molecule has 1 amide bonds. The van der Waals surface area contributed by atoms with Crippen LogP contribution < -0.4 is 0 Å². The van der Waals surface area contributed by atoms with Crippen LogP contribution in [0.3, 0.4) is 0 Å². The van der Waals surface area contributed by atoms with E-state index in [0.29, 0.717) is 12.4 Å². The number of likely N-dealkylation sites (tertiary alicyclic amines) is 1. The summed E-state index contributed by atoms with van der Waals surface area (Å²) in [7, 11) is 0. The van der Waals surface area contributed by atoms with Crippen LogP contribution in [0, 0.1) is 0 Å². The quantitative estimate of drug-likeness (QED) is 0.898. The third kappa shape index (κ3) is 2.90. The number of nitrogens with zero attached hydrogens (tertiary/aromatic N) is 5. The Balaban J connectivity index is 1.88. The molecule has 1 aromatic heterocycles. The van der Waals surface area contributed by atoms with Gasteiger partial charge in [0.2, 0.25) is 0 Å². The van der Waals surface area contributed by atoms with Crippen molar-refractivity contribution in [2.75, 3.05) is 6.54 Å². The first-order valence-corrected chi connectivity index (χ1v) is 7.50. The second-order valence-corrected chi connectivity index (χ2v) is 5.82. The lowest BCUT2D eigenvalue weighted by molar-refractivity contribution is 0.103. The molecule has 0 bridgehead atoms. The molecular weight excluding hydrogens is 338 g/mol. The van der Waals surface area contributed by atoms with Gasteiger partial charge < -0.3 is 5.11 Å². The smallest absolute Gasteiger partial charge is 0.407 e. The van der Waals surface area contributed by atoms with Gasteiger partial charge in [-0.05, 0) is 42.7 Å². The summed E-state index contributed by atoms with van der Waals surface area (Å²) < 4.78 is 0.920. The molecule has 1 aliphatic heterocycles. The van der Waals surface area contributed by atoms with Gasteiger partial charge in [-0.3, -0.25) is 4.90 Å². The fraction of sp³-hybridized carbons (Fsp3) is 0.385. The highest BCUT2D eigenvalue weighted by atomic mass is 79.9. The van der Waals surface area contributed by atoms with Crippen molar-refractivity contribution >= 4 is 22.0 Å². The van der Waals surface area contributed by atoms with Gasteiger partial charge in [0.15, 0.2) is 5.82 Å². The molecule has 1 aromatic carbocycles. The van der Waals surface area contributed by atoms with Gasteiger partial charge in [0.25, 0.3) is 0 Å². The Kier molecular flexibility index (Phi) is 3.87. The molecule has 0 unspecified atom stereocenters. The molecule has 0 spiro atoms. The molecule has 2 aromatic rings. The summed E-state index contributed by atoms with van der Waals surface area (Å²) in [6.45, 7) is 0.519. The summed E-state index contributed by atoms with van der Waals surface area (Å²) in [5, 5.41) is 21.7. The fourth-order valence-electron chi connectivity index (χ4n) is 2.50. The summed E-state index contributed by atoms with van der Waals surface area (Å²) in [6.07, 6.45) is 1.65. The highest BCUT2D eigenvalue weighted by Crippen LogP contribution is 2.28. The molecule has 1 saturated heterocycles. The van der Waals surface area contributed by atoms with Gasteiger partial charge in [-0.15, -0.1) is 15.0 Å². The van der Waals surface area contributed by atoms with Crippen LogP contribution >= 0.6 is 15.9 Å². The lowest BCUT2D eigenvalue weighted by Crippen LogP contribution is -2.38. The maximum Gasteiger partial charge on any atom is 0.407 e. The van der Waals surface area contributed by atoms with Gasteiger partial charge >= 0.3 is 6.09 Å². The van der Waals surface area contributed by atoms with Crippen LogP contribution in [0.1, 0.15) is 31.1 Å². The Morgan fingerprint density at radius 1 is 1.38 bits per heavy atom. The molecule has 7 nitrogen and oxygen atoms in total. The molecule has 1 aliphatic rings. The molecular formula is C13H14BrN5O2. The van der Waals surface area contributed by atoms with Crippen LogP contribution in [-0.4, -0.2) is 42.9 Å². The number of benzene rings is 1. The third-order valence-corrected chi connectivity index (χ3v) is 4.01. The molecule has 2 heterocycles. The molecule has 0 saturated carbocycles. The fourth-order valence-corrected chi connectivity index (χ4v) is 2.88.